The lowest BCUT2D eigenvalue weighted by atomic mass is 10.3. The molecule has 0 N–H and O–H groups in total. The number of rotatable bonds is 5. The highest BCUT2D eigenvalue weighted by Crippen LogP contribution is 2.20. The van der Waals surface area contributed by atoms with Crippen LogP contribution in [0.15, 0.2) is 6.20 Å². The number of aromatic nitrogens is 1. The van der Waals surface area contributed by atoms with Crippen LogP contribution in [0.5, 0.6) is 0 Å². The molecule has 90 valence electrons. The van der Waals surface area contributed by atoms with Crippen molar-refractivity contribution in [3.05, 3.63) is 15.5 Å². The Kier molecular flexibility index (Phi) is 5.18. The van der Waals surface area contributed by atoms with Crippen LogP contribution < -0.4 is 0 Å². The van der Waals surface area contributed by atoms with Crippen LogP contribution in [0.2, 0.25) is 4.47 Å². The predicted octanol–water partition coefficient (Wildman–Crippen LogP) is 2.18. The lowest BCUT2D eigenvalue weighted by Gasteiger charge is -2.24. The zero-order valence-electron chi connectivity index (χ0n) is 9.57. The van der Waals surface area contributed by atoms with Gasteiger partial charge in [0.15, 0.2) is 4.47 Å². The van der Waals surface area contributed by atoms with E-state index in [2.05, 4.69) is 9.72 Å². The largest absolute Gasteiger partial charge is 0.468 e. The summed E-state index contributed by atoms with van der Waals surface area (Å²) in [6, 6.07) is 0.264. The van der Waals surface area contributed by atoms with E-state index in [9.17, 15) is 4.79 Å². The van der Waals surface area contributed by atoms with E-state index in [1.807, 2.05) is 18.7 Å². The monoisotopic (exact) mass is 262 g/mol. The third-order valence-electron chi connectivity index (χ3n) is 2.17. The third kappa shape index (κ3) is 4.08. The minimum atomic E-state index is -0.232. The van der Waals surface area contributed by atoms with E-state index >= 15 is 0 Å². The fourth-order valence-corrected chi connectivity index (χ4v) is 2.21. The number of thiazole rings is 1. The molecule has 0 aliphatic heterocycles. The Bertz CT molecular complexity index is 354. The van der Waals surface area contributed by atoms with Gasteiger partial charge in [-0.3, -0.25) is 9.69 Å². The molecule has 1 heterocycles. The van der Waals surface area contributed by atoms with Crippen LogP contribution in [0.4, 0.5) is 0 Å². The molecule has 16 heavy (non-hydrogen) atoms. The first-order valence-electron chi connectivity index (χ1n) is 4.94. The Balaban J connectivity index is 2.61. The van der Waals surface area contributed by atoms with E-state index in [4.69, 9.17) is 11.6 Å². The molecule has 1 rings (SSSR count). The summed E-state index contributed by atoms with van der Waals surface area (Å²) in [4.78, 5) is 18.2. The maximum absolute atomic E-state index is 11.2. The van der Waals surface area contributed by atoms with E-state index in [1.54, 1.807) is 6.20 Å². The van der Waals surface area contributed by atoms with E-state index in [1.165, 1.54) is 18.4 Å². The van der Waals surface area contributed by atoms with Gasteiger partial charge in [0.1, 0.15) is 0 Å². The number of carbonyl (C=O) groups is 1. The second-order valence-corrected chi connectivity index (χ2v) is 5.35. The molecule has 0 aliphatic rings. The maximum atomic E-state index is 11.2. The molecule has 0 saturated carbocycles. The van der Waals surface area contributed by atoms with Crippen LogP contribution in [-0.4, -0.2) is 35.5 Å². The molecule has 0 fully saturated rings. The summed E-state index contributed by atoms with van der Waals surface area (Å²) in [6.07, 6.45) is 1.74. The highest BCUT2D eigenvalue weighted by atomic mass is 35.5. The first kappa shape index (κ1) is 13.4. The van der Waals surface area contributed by atoms with Gasteiger partial charge in [-0.05, 0) is 13.8 Å². The predicted molar refractivity (Wildman–Crippen MR) is 64.7 cm³/mol. The third-order valence-corrected chi connectivity index (χ3v) is 3.27. The number of esters is 1. The van der Waals surface area contributed by atoms with Crippen LogP contribution in [0.3, 0.4) is 0 Å². The van der Waals surface area contributed by atoms with E-state index in [0.29, 0.717) is 11.0 Å². The zero-order chi connectivity index (χ0) is 12.1. The fourth-order valence-electron chi connectivity index (χ4n) is 1.21. The van der Waals surface area contributed by atoms with E-state index in [-0.39, 0.29) is 18.6 Å². The summed E-state index contributed by atoms with van der Waals surface area (Å²) >= 11 is 7.18. The number of hydrogen-bond donors (Lipinski definition) is 0. The van der Waals surface area contributed by atoms with Crippen LogP contribution >= 0.6 is 22.9 Å². The lowest BCUT2D eigenvalue weighted by molar-refractivity contribution is -0.142. The molecule has 1 aromatic heterocycles. The van der Waals surface area contributed by atoms with E-state index < -0.39 is 0 Å². The number of halogens is 1. The van der Waals surface area contributed by atoms with Gasteiger partial charge in [-0.25, -0.2) is 4.98 Å². The van der Waals surface area contributed by atoms with Gasteiger partial charge < -0.3 is 4.74 Å². The molecule has 0 unspecified atom stereocenters. The minimum absolute atomic E-state index is 0.232. The zero-order valence-corrected chi connectivity index (χ0v) is 11.1. The molecule has 4 nitrogen and oxygen atoms in total. The molecule has 1 aromatic rings. The van der Waals surface area contributed by atoms with Gasteiger partial charge in [-0.2, -0.15) is 0 Å². The summed E-state index contributed by atoms with van der Waals surface area (Å²) in [6.45, 7) is 5.01. The van der Waals surface area contributed by atoms with E-state index in [0.717, 1.165) is 4.88 Å². The number of carbonyl (C=O) groups excluding carboxylic acids is 1. The van der Waals surface area contributed by atoms with Gasteiger partial charge in [0.2, 0.25) is 0 Å². The number of hydrogen-bond acceptors (Lipinski definition) is 5. The molecule has 0 radical (unpaired) electrons. The summed E-state index contributed by atoms with van der Waals surface area (Å²) < 4.78 is 5.18. The fraction of sp³-hybridized carbons (Fsp3) is 0.600. The molecular formula is C10H15ClN2O2S. The minimum Gasteiger partial charge on any atom is -0.468 e. The molecule has 0 amide bonds. The van der Waals surface area contributed by atoms with Gasteiger partial charge in [-0.15, -0.1) is 11.3 Å². The Morgan fingerprint density at radius 2 is 2.38 bits per heavy atom. The Morgan fingerprint density at radius 3 is 2.81 bits per heavy atom. The lowest BCUT2D eigenvalue weighted by Crippen LogP contribution is -2.35. The topological polar surface area (TPSA) is 42.4 Å². The Hall–Kier alpha value is -0.650. The normalized spacial score (nSPS) is 11.1. The van der Waals surface area contributed by atoms with Crippen molar-refractivity contribution in [3.8, 4) is 0 Å². The molecule has 0 aliphatic carbocycles. The second kappa shape index (κ2) is 6.18. The first-order valence-corrected chi connectivity index (χ1v) is 6.13. The van der Waals surface area contributed by atoms with Gasteiger partial charge in [-0.1, -0.05) is 11.6 Å². The van der Waals surface area contributed by atoms with Crippen molar-refractivity contribution >= 4 is 28.9 Å². The SMILES string of the molecule is COC(=O)CN(Cc1cnc(Cl)s1)C(C)C. The van der Waals surface area contributed by atoms with Crippen molar-refractivity contribution in [1.82, 2.24) is 9.88 Å². The summed E-state index contributed by atoms with van der Waals surface area (Å²) in [5.74, 6) is -0.232. The molecule has 0 saturated heterocycles. The van der Waals surface area contributed by atoms with Crippen LogP contribution in [0.25, 0.3) is 0 Å². The molecule has 0 spiro atoms. The Labute approximate surface area is 104 Å². The first-order chi connectivity index (χ1) is 7.52. The van der Waals surface area contributed by atoms with Gasteiger partial charge in [0.05, 0.1) is 13.7 Å². The quantitative estimate of drug-likeness (QED) is 0.763. The second-order valence-electron chi connectivity index (χ2n) is 3.65. The average molecular weight is 263 g/mol. The molecule has 0 atom stereocenters. The summed E-state index contributed by atoms with van der Waals surface area (Å²) in [5, 5.41) is 0. The van der Waals surface area contributed by atoms with Crippen molar-refractivity contribution in [2.24, 2.45) is 0 Å². The van der Waals surface area contributed by atoms with Crippen molar-refractivity contribution in [1.29, 1.82) is 0 Å². The average Bonchev–Trinajstić information content (AvgIpc) is 2.62. The van der Waals surface area contributed by atoms with Crippen LogP contribution in [0, 0.1) is 0 Å². The van der Waals surface area contributed by atoms with Crippen LogP contribution in [0.1, 0.15) is 18.7 Å². The van der Waals surface area contributed by atoms with Crippen molar-refractivity contribution in [2.45, 2.75) is 26.4 Å². The summed E-state index contributed by atoms with van der Waals surface area (Å²) in [7, 11) is 1.39. The van der Waals surface area contributed by atoms with Gasteiger partial charge in [0, 0.05) is 23.7 Å². The highest BCUT2D eigenvalue weighted by Gasteiger charge is 2.15. The van der Waals surface area contributed by atoms with Gasteiger partial charge >= 0.3 is 5.97 Å². The van der Waals surface area contributed by atoms with Crippen molar-refractivity contribution in [2.75, 3.05) is 13.7 Å². The van der Waals surface area contributed by atoms with Gasteiger partial charge in [0.25, 0.3) is 0 Å². The van der Waals surface area contributed by atoms with Crippen molar-refractivity contribution in [3.63, 3.8) is 0 Å². The highest BCUT2D eigenvalue weighted by molar-refractivity contribution is 7.15. The number of methoxy groups -OCH3 is 1. The number of nitrogens with zero attached hydrogens (tertiary/aromatic N) is 2. The Morgan fingerprint density at radius 1 is 1.69 bits per heavy atom. The molecular weight excluding hydrogens is 248 g/mol. The molecule has 0 bridgehead atoms. The van der Waals surface area contributed by atoms with Crippen molar-refractivity contribution < 1.29 is 9.53 Å². The standard InChI is InChI=1S/C10H15ClN2O2S/c1-7(2)13(6-9(14)15-3)5-8-4-12-10(11)16-8/h4,7H,5-6H2,1-3H3. The number of ether oxygens (including phenoxy) is 1. The van der Waals surface area contributed by atoms with Crippen LogP contribution in [-0.2, 0) is 16.1 Å². The smallest absolute Gasteiger partial charge is 0.319 e. The summed E-state index contributed by atoms with van der Waals surface area (Å²) in [5.41, 5.74) is 0. The molecule has 6 heteroatoms. The maximum Gasteiger partial charge on any atom is 0.319 e. The molecule has 0 aromatic carbocycles.